The van der Waals surface area contributed by atoms with E-state index in [0.717, 1.165) is 12.1 Å². The molecule has 0 spiro atoms. The fraction of sp³-hybridized carbons (Fsp3) is 0.500. The number of carboxylic acid groups (broad SMARTS) is 1. The molecule has 0 aromatic carbocycles. The number of nitrogens with zero attached hydrogens (tertiary/aromatic N) is 4. The Morgan fingerprint density at radius 3 is 3.10 bits per heavy atom. The van der Waals surface area contributed by atoms with E-state index in [1.165, 1.54) is 21.9 Å². The first-order valence-corrected chi connectivity index (χ1v) is 7.31. The van der Waals surface area contributed by atoms with Crippen LogP contribution in [0.25, 0.3) is 4.96 Å². The molecule has 0 bridgehead atoms. The number of aryl methyl sites for hydroxylation is 1. The molecule has 1 saturated heterocycles. The van der Waals surface area contributed by atoms with Gasteiger partial charge in [0.25, 0.3) is 5.56 Å². The van der Waals surface area contributed by atoms with E-state index in [9.17, 15) is 14.7 Å². The van der Waals surface area contributed by atoms with Gasteiger partial charge in [-0.1, -0.05) is 18.3 Å². The van der Waals surface area contributed by atoms with Gasteiger partial charge in [0.05, 0.1) is 0 Å². The van der Waals surface area contributed by atoms with Crippen molar-refractivity contribution in [2.75, 3.05) is 11.4 Å². The maximum absolute atomic E-state index is 11.9. The van der Waals surface area contributed by atoms with Crippen molar-refractivity contribution in [3.05, 3.63) is 22.1 Å². The van der Waals surface area contributed by atoms with Crippen LogP contribution >= 0.6 is 11.3 Å². The van der Waals surface area contributed by atoms with E-state index < -0.39 is 12.0 Å². The number of carboxylic acids is 1. The van der Waals surface area contributed by atoms with Crippen molar-refractivity contribution in [3.8, 4) is 0 Å². The average Bonchev–Trinajstić information content (AvgIpc) is 3.04. The monoisotopic (exact) mass is 294 g/mol. The van der Waals surface area contributed by atoms with Crippen LogP contribution in [-0.4, -0.2) is 38.3 Å². The van der Waals surface area contributed by atoms with E-state index in [0.29, 0.717) is 29.5 Å². The standard InChI is InChI=1S/C12H14N4O3S/c1-2-7-6-9(17)16-11(13-7)20-12(14-16)15-5-3-4-8(15)10(18)19/h6,8H,2-5H2,1H3,(H,18,19). The Balaban J connectivity index is 2.07. The van der Waals surface area contributed by atoms with Gasteiger partial charge >= 0.3 is 5.97 Å². The summed E-state index contributed by atoms with van der Waals surface area (Å²) in [7, 11) is 0. The van der Waals surface area contributed by atoms with Crippen molar-refractivity contribution in [2.45, 2.75) is 32.2 Å². The van der Waals surface area contributed by atoms with Crippen LogP contribution in [0.3, 0.4) is 0 Å². The molecule has 1 atom stereocenters. The molecular formula is C12H14N4O3S. The third-order valence-electron chi connectivity index (χ3n) is 3.43. The second-order valence-corrected chi connectivity index (χ2v) is 5.64. The number of aromatic nitrogens is 3. The van der Waals surface area contributed by atoms with Crippen molar-refractivity contribution in [3.63, 3.8) is 0 Å². The lowest BCUT2D eigenvalue weighted by molar-refractivity contribution is -0.138. The molecule has 0 aliphatic carbocycles. The highest BCUT2D eigenvalue weighted by atomic mass is 32.1. The van der Waals surface area contributed by atoms with Crippen LogP contribution < -0.4 is 10.5 Å². The minimum absolute atomic E-state index is 0.222. The molecule has 2 aromatic heterocycles. The second-order valence-electron chi connectivity index (χ2n) is 4.71. The number of carbonyl (C=O) groups is 1. The molecule has 20 heavy (non-hydrogen) atoms. The quantitative estimate of drug-likeness (QED) is 0.899. The molecule has 0 radical (unpaired) electrons. The summed E-state index contributed by atoms with van der Waals surface area (Å²) in [5.74, 6) is -0.851. The molecule has 0 amide bonds. The summed E-state index contributed by atoms with van der Waals surface area (Å²) in [5, 5.41) is 14.0. The van der Waals surface area contributed by atoms with E-state index in [4.69, 9.17) is 0 Å². The molecule has 3 rings (SSSR count). The van der Waals surface area contributed by atoms with Crippen molar-refractivity contribution >= 4 is 27.4 Å². The second kappa shape index (κ2) is 4.86. The third kappa shape index (κ3) is 2.05. The molecule has 7 nitrogen and oxygen atoms in total. The lowest BCUT2D eigenvalue weighted by atomic mass is 10.2. The molecule has 8 heteroatoms. The Hall–Kier alpha value is -1.96. The Morgan fingerprint density at radius 1 is 1.60 bits per heavy atom. The largest absolute Gasteiger partial charge is 0.480 e. The maximum atomic E-state index is 11.9. The molecule has 1 fully saturated rings. The number of fused-ring (bicyclic) bond motifs is 1. The Bertz CT molecular complexity index is 723. The summed E-state index contributed by atoms with van der Waals surface area (Å²) in [6.07, 6.45) is 2.10. The van der Waals surface area contributed by atoms with E-state index in [-0.39, 0.29) is 5.56 Å². The summed E-state index contributed by atoms with van der Waals surface area (Å²) in [6.45, 7) is 2.58. The van der Waals surface area contributed by atoms with Crippen LogP contribution in [0.4, 0.5) is 5.13 Å². The predicted octanol–water partition coefficient (Wildman–Crippen LogP) is 0.767. The van der Waals surface area contributed by atoms with Crippen molar-refractivity contribution < 1.29 is 9.90 Å². The molecule has 0 saturated carbocycles. The molecular weight excluding hydrogens is 280 g/mol. The van der Waals surface area contributed by atoms with Gasteiger partial charge in [-0.15, -0.1) is 5.10 Å². The average molecular weight is 294 g/mol. The van der Waals surface area contributed by atoms with Gasteiger partial charge in [-0.2, -0.15) is 4.52 Å². The van der Waals surface area contributed by atoms with Crippen LogP contribution in [0, 0.1) is 0 Å². The summed E-state index contributed by atoms with van der Waals surface area (Å²) in [4.78, 5) is 29.8. The van der Waals surface area contributed by atoms with Gasteiger partial charge in [-0.05, 0) is 19.3 Å². The van der Waals surface area contributed by atoms with E-state index >= 15 is 0 Å². The highest BCUT2D eigenvalue weighted by molar-refractivity contribution is 7.20. The van der Waals surface area contributed by atoms with E-state index in [1.54, 1.807) is 4.90 Å². The van der Waals surface area contributed by atoms with Gasteiger partial charge in [-0.25, -0.2) is 9.78 Å². The van der Waals surface area contributed by atoms with Gasteiger partial charge in [0, 0.05) is 18.3 Å². The van der Waals surface area contributed by atoms with Crippen LogP contribution in [-0.2, 0) is 11.2 Å². The van der Waals surface area contributed by atoms with Gasteiger partial charge < -0.3 is 10.0 Å². The molecule has 3 heterocycles. The zero-order chi connectivity index (χ0) is 14.3. The zero-order valence-corrected chi connectivity index (χ0v) is 11.8. The number of aliphatic carboxylic acids is 1. The Kier molecular flexibility index (Phi) is 3.17. The number of hydrogen-bond acceptors (Lipinski definition) is 6. The van der Waals surface area contributed by atoms with Crippen LogP contribution in [0.1, 0.15) is 25.5 Å². The summed E-state index contributed by atoms with van der Waals surface area (Å²) in [6, 6.07) is 0.909. The van der Waals surface area contributed by atoms with Gasteiger partial charge in [0.1, 0.15) is 6.04 Å². The molecule has 1 N–H and O–H groups in total. The van der Waals surface area contributed by atoms with Crippen molar-refractivity contribution in [1.82, 2.24) is 14.6 Å². The van der Waals surface area contributed by atoms with E-state index in [2.05, 4.69) is 10.1 Å². The number of hydrogen-bond donors (Lipinski definition) is 1. The van der Waals surface area contributed by atoms with Gasteiger partial charge in [0.2, 0.25) is 10.1 Å². The summed E-state index contributed by atoms with van der Waals surface area (Å²) < 4.78 is 1.25. The minimum Gasteiger partial charge on any atom is -0.480 e. The fourth-order valence-electron chi connectivity index (χ4n) is 2.40. The lowest BCUT2D eigenvalue weighted by Crippen LogP contribution is -2.36. The van der Waals surface area contributed by atoms with Gasteiger partial charge in [0.15, 0.2) is 0 Å². The normalized spacial score (nSPS) is 18.9. The molecule has 1 aliphatic heterocycles. The molecule has 2 aromatic rings. The van der Waals surface area contributed by atoms with Crippen LogP contribution in [0.15, 0.2) is 10.9 Å². The highest BCUT2D eigenvalue weighted by Crippen LogP contribution is 2.29. The first-order chi connectivity index (χ1) is 9.60. The number of rotatable bonds is 3. The third-order valence-corrected chi connectivity index (χ3v) is 4.38. The summed E-state index contributed by atoms with van der Waals surface area (Å²) >= 11 is 1.26. The van der Waals surface area contributed by atoms with Crippen molar-refractivity contribution in [1.29, 1.82) is 0 Å². The Morgan fingerprint density at radius 2 is 2.40 bits per heavy atom. The maximum Gasteiger partial charge on any atom is 0.326 e. The predicted molar refractivity (Wildman–Crippen MR) is 74.5 cm³/mol. The zero-order valence-electron chi connectivity index (χ0n) is 10.9. The fourth-order valence-corrected chi connectivity index (χ4v) is 3.40. The first-order valence-electron chi connectivity index (χ1n) is 6.49. The highest BCUT2D eigenvalue weighted by Gasteiger charge is 2.32. The van der Waals surface area contributed by atoms with Crippen LogP contribution in [0.2, 0.25) is 0 Å². The molecule has 1 aliphatic rings. The van der Waals surface area contributed by atoms with Gasteiger partial charge in [-0.3, -0.25) is 4.79 Å². The Labute approximate surface area is 118 Å². The number of anilines is 1. The molecule has 1 unspecified atom stereocenters. The topological polar surface area (TPSA) is 87.8 Å². The minimum atomic E-state index is -0.851. The van der Waals surface area contributed by atoms with Crippen molar-refractivity contribution in [2.24, 2.45) is 0 Å². The summed E-state index contributed by atoms with van der Waals surface area (Å²) in [5.41, 5.74) is 0.502. The smallest absolute Gasteiger partial charge is 0.326 e. The van der Waals surface area contributed by atoms with E-state index in [1.807, 2.05) is 6.92 Å². The first kappa shape index (κ1) is 13.0. The lowest BCUT2D eigenvalue weighted by Gasteiger charge is -2.19. The molecule has 106 valence electrons. The van der Waals surface area contributed by atoms with Crippen LogP contribution in [0.5, 0.6) is 0 Å². The SMILES string of the molecule is CCc1cc(=O)n2nc(N3CCCC3C(=O)O)sc2n1.